The Bertz CT molecular complexity index is 1550. The van der Waals surface area contributed by atoms with Gasteiger partial charge < -0.3 is 25.3 Å². The number of hydrogen-bond donors (Lipinski definition) is 3. The normalized spacial score (nSPS) is 16.7. The molecule has 6 rings (SSSR count). The number of hydrogen-bond acceptors (Lipinski definition) is 7. The van der Waals surface area contributed by atoms with E-state index in [1.807, 2.05) is 25.5 Å². The van der Waals surface area contributed by atoms with Crippen LogP contribution >= 0.6 is 0 Å². The lowest BCUT2D eigenvalue weighted by molar-refractivity contribution is 0.0735. The number of nitrogens with zero attached hydrogens (tertiary/aromatic N) is 4. The fourth-order valence-electron chi connectivity index (χ4n) is 4.83. The van der Waals surface area contributed by atoms with Crippen molar-refractivity contribution in [2.45, 2.75) is 12.5 Å². The Morgan fingerprint density at radius 2 is 2.08 bits per heavy atom. The Balaban J connectivity index is 1.34. The van der Waals surface area contributed by atoms with E-state index in [-0.39, 0.29) is 11.9 Å². The van der Waals surface area contributed by atoms with Gasteiger partial charge >= 0.3 is 0 Å². The first-order valence-corrected chi connectivity index (χ1v) is 12.7. The largest absolute Gasteiger partial charge is 0.378 e. The second kappa shape index (κ2) is 10.6. The monoisotopic (exact) mass is 507 g/mol. The maximum absolute atomic E-state index is 13.1. The fraction of sp³-hybridized carbons (Fsp3) is 0.241. The highest BCUT2D eigenvalue weighted by Gasteiger charge is 2.18. The molecular weight excluding hydrogens is 478 g/mol. The number of carbonyl (C=O) groups is 1. The number of fused-ring (bicyclic) bond motifs is 2. The topological polar surface area (TPSA) is 105 Å². The summed E-state index contributed by atoms with van der Waals surface area (Å²) >= 11 is 0. The molecule has 9 nitrogen and oxygen atoms in total. The lowest BCUT2D eigenvalue weighted by atomic mass is 10.00. The summed E-state index contributed by atoms with van der Waals surface area (Å²) in [5.74, 6) is -0.172. The van der Waals surface area contributed by atoms with E-state index in [1.165, 1.54) is 5.39 Å². The molecular formula is C29H29N7O2. The number of benzene rings is 2. The van der Waals surface area contributed by atoms with Gasteiger partial charge in [-0.25, -0.2) is 0 Å². The van der Waals surface area contributed by atoms with Crippen LogP contribution in [-0.2, 0) is 11.8 Å². The summed E-state index contributed by atoms with van der Waals surface area (Å²) in [6.45, 7) is 2.54. The van der Waals surface area contributed by atoms with Gasteiger partial charge in [-0.3, -0.25) is 19.8 Å². The first kappa shape index (κ1) is 24.0. The quantitative estimate of drug-likeness (QED) is 0.356. The molecule has 0 spiro atoms. The van der Waals surface area contributed by atoms with Crippen LogP contribution in [0.4, 0.5) is 22.7 Å². The summed E-state index contributed by atoms with van der Waals surface area (Å²) in [6.07, 6.45) is 9.75. The van der Waals surface area contributed by atoms with Crippen LogP contribution in [0.5, 0.6) is 0 Å². The predicted molar refractivity (Wildman–Crippen MR) is 152 cm³/mol. The third-order valence-electron chi connectivity index (χ3n) is 6.80. The number of morpholine rings is 1. The van der Waals surface area contributed by atoms with Gasteiger partial charge in [0.1, 0.15) is 0 Å². The molecule has 2 aromatic heterocycles. The molecule has 38 heavy (non-hydrogen) atoms. The van der Waals surface area contributed by atoms with E-state index in [9.17, 15) is 4.79 Å². The minimum absolute atomic E-state index is 0.0954. The number of carbonyl (C=O) groups excluding carboxylic acids is 1. The average Bonchev–Trinajstić information content (AvgIpc) is 3.15. The summed E-state index contributed by atoms with van der Waals surface area (Å²) in [4.78, 5) is 26.8. The number of aliphatic imine (C=N–C) groups is 2. The molecule has 0 saturated carbocycles. The highest BCUT2D eigenvalue weighted by atomic mass is 16.5. The van der Waals surface area contributed by atoms with Crippen molar-refractivity contribution in [2.75, 3.05) is 31.6 Å². The number of ether oxygens (including phenoxy) is 1. The lowest BCUT2D eigenvalue weighted by Crippen LogP contribution is -2.48. The number of nitrogens with one attached hydrogen (secondary N) is 3. The van der Waals surface area contributed by atoms with E-state index >= 15 is 0 Å². The maximum Gasteiger partial charge on any atom is 0.253 e. The average molecular weight is 508 g/mol. The Kier molecular flexibility index (Phi) is 6.68. The van der Waals surface area contributed by atoms with Crippen molar-refractivity contribution in [1.29, 1.82) is 0 Å². The molecule has 4 aromatic rings. The van der Waals surface area contributed by atoms with Crippen LogP contribution in [0, 0.1) is 0 Å². The van der Waals surface area contributed by atoms with Gasteiger partial charge in [0, 0.05) is 74.2 Å². The van der Waals surface area contributed by atoms with Gasteiger partial charge in [-0.15, -0.1) is 0 Å². The van der Waals surface area contributed by atoms with E-state index in [2.05, 4.69) is 67.0 Å². The van der Waals surface area contributed by atoms with Gasteiger partial charge in [0.2, 0.25) is 0 Å². The van der Waals surface area contributed by atoms with Crippen molar-refractivity contribution >= 4 is 52.0 Å². The van der Waals surface area contributed by atoms with Gasteiger partial charge in [0.25, 0.3) is 5.91 Å². The molecule has 2 aromatic carbocycles. The summed E-state index contributed by atoms with van der Waals surface area (Å²) in [5.41, 5.74) is 6.65. The number of anilines is 2. The summed E-state index contributed by atoms with van der Waals surface area (Å²) in [6, 6.07) is 14.3. The number of pyridine rings is 1. The SMILES string of the molecule is Cn1ccc2ccc(-c3cc(Nc4cnccc4C(=O)NCC4COCCN4)cc4c3N=CCC=N4)cc21. The van der Waals surface area contributed by atoms with Crippen molar-refractivity contribution < 1.29 is 9.53 Å². The minimum atomic E-state index is -0.172. The van der Waals surface area contributed by atoms with Gasteiger partial charge in [-0.1, -0.05) is 12.1 Å². The molecule has 4 heterocycles. The maximum atomic E-state index is 13.1. The zero-order valence-corrected chi connectivity index (χ0v) is 21.1. The first-order chi connectivity index (χ1) is 18.7. The van der Waals surface area contributed by atoms with Crippen molar-refractivity contribution in [2.24, 2.45) is 17.0 Å². The Morgan fingerprint density at radius 3 is 2.97 bits per heavy atom. The van der Waals surface area contributed by atoms with Crippen LogP contribution in [0.15, 0.2) is 71.0 Å². The summed E-state index contributed by atoms with van der Waals surface area (Å²) < 4.78 is 7.60. The molecule has 3 N–H and O–H groups in total. The third-order valence-corrected chi connectivity index (χ3v) is 6.80. The third kappa shape index (κ3) is 4.93. The highest BCUT2D eigenvalue weighted by molar-refractivity contribution is 6.01. The van der Waals surface area contributed by atoms with Crippen molar-refractivity contribution in [3.8, 4) is 11.1 Å². The molecule has 1 atom stereocenters. The molecule has 2 aliphatic heterocycles. The van der Waals surface area contributed by atoms with E-state index in [0.717, 1.165) is 40.3 Å². The Labute approximate surface area is 220 Å². The number of amides is 1. The number of aromatic nitrogens is 2. The fourth-order valence-corrected chi connectivity index (χ4v) is 4.83. The van der Waals surface area contributed by atoms with E-state index < -0.39 is 0 Å². The van der Waals surface area contributed by atoms with Crippen LogP contribution in [0.25, 0.3) is 22.0 Å². The van der Waals surface area contributed by atoms with Crippen molar-refractivity contribution in [3.05, 3.63) is 66.6 Å². The first-order valence-electron chi connectivity index (χ1n) is 12.7. The van der Waals surface area contributed by atoms with Crippen LogP contribution in [0.1, 0.15) is 16.8 Å². The van der Waals surface area contributed by atoms with Crippen molar-refractivity contribution in [1.82, 2.24) is 20.2 Å². The van der Waals surface area contributed by atoms with Gasteiger partial charge in [-0.2, -0.15) is 0 Å². The van der Waals surface area contributed by atoms with E-state index in [0.29, 0.717) is 37.4 Å². The van der Waals surface area contributed by atoms with Crippen LogP contribution in [0.2, 0.25) is 0 Å². The molecule has 9 heteroatoms. The van der Waals surface area contributed by atoms with E-state index in [1.54, 1.807) is 18.5 Å². The van der Waals surface area contributed by atoms with Gasteiger partial charge in [-0.05, 0) is 41.3 Å². The zero-order valence-electron chi connectivity index (χ0n) is 21.1. The molecule has 192 valence electrons. The van der Waals surface area contributed by atoms with Crippen LogP contribution < -0.4 is 16.0 Å². The smallest absolute Gasteiger partial charge is 0.253 e. The van der Waals surface area contributed by atoms with E-state index in [4.69, 9.17) is 9.73 Å². The number of rotatable bonds is 6. The standard InChI is InChI=1S/C29H29N7O2/c1-36-11-6-19-3-4-20(13-27(19)36)24-14-21(15-25-28(24)33-8-2-7-32-25)35-26-17-30-9-5-23(26)29(37)34-16-22-18-38-12-10-31-22/h3-9,11,13-15,17,22,31,35H,2,10,12,16,18H2,1H3,(H,34,37). The molecule has 1 unspecified atom stereocenters. The Hall–Kier alpha value is -4.34. The number of aryl methyl sites for hydroxylation is 1. The van der Waals surface area contributed by atoms with Crippen LogP contribution in [0.3, 0.4) is 0 Å². The molecule has 1 saturated heterocycles. The lowest BCUT2D eigenvalue weighted by Gasteiger charge is -2.24. The molecule has 0 radical (unpaired) electrons. The van der Waals surface area contributed by atoms with Gasteiger partial charge in [0.15, 0.2) is 0 Å². The van der Waals surface area contributed by atoms with Gasteiger partial charge in [0.05, 0.1) is 42.0 Å². The van der Waals surface area contributed by atoms with Crippen LogP contribution in [-0.4, -0.2) is 60.2 Å². The van der Waals surface area contributed by atoms with Crippen molar-refractivity contribution in [3.63, 3.8) is 0 Å². The molecule has 0 bridgehead atoms. The Morgan fingerprint density at radius 1 is 1.16 bits per heavy atom. The molecule has 0 aliphatic carbocycles. The highest BCUT2D eigenvalue weighted by Crippen LogP contribution is 2.43. The summed E-state index contributed by atoms with van der Waals surface area (Å²) in [7, 11) is 2.04. The second-order valence-electron chi connectivity index (χ2n) is 9.43. The zero-order chi connectivity index (χ0) is 25.9. The molecule has 1 amide bonds. The predicted octanol–water partition coefficient (Wildman–Crippen LogP) is 4.51. The molecule has 2 aliphatic rings. The minimum Gasteiger partial charge on any atom is -0.378 e. The molecule has 1 fully saturated rings. The second-order valence-corrected chi connectivity index (χ2v) is 9.43. The summed E-state index contributed by atoms with van der Waals surface area (Å²) in [5, 5.41) is 11.0.